The topological polar surface area (TPSA) is 54.2 Å². The van der Waals surface area contributed by atoms with Gasteiger partial charge in [-0.05, 0) is 31.5 Å². The Kier molecular flexibility index (Phi) is 5.17. The van der Waals surface area contributed by atoms with E-state index >= 15 is 0 Å². The van der Waals surface area contributed by atoms with Crippen molar-refractivity contribution in [3.63, 3.8) is 0 Å². The van der Waals surface area contributed by atoms with Gasteiger partial charge in [-0.25, -0.2) is 0 Å². The summed E-state index contributed by atoms with van der Waals surface area (Å²) in [5.41, 5.74) is 1.18. The Balaban J connectivity index is 1.72. The number of nitrogens with one attached hydrogen (secondary N) is 2. The molecule has 0 aliphatic rings. The van der Waals surface area contributed by atoms with Crippen molar-refractivity contribution in [1.82, 2.24) is 20.4 Å². The van der Waals surface area contributed by atoms with Gasteiger partial charge in [0, 0.05) is 29.5 Å². The molecule has 0 saturated carbocycles. The summed E-state index contributed by atoms with van der Waals surface area (Å²) in [5, 5.41) is 10.8. The fourth-order valence-corrected chi connectivity index (χ4v) is 2.68. The lowest BCUT2D eigenvalue weighted by molar-refractivity contribution is 0.597. The summed E-state index contributed by atoms with van der Waals surface area (Å²) < 4.78 is 1.93. The maximum atomic E-state index is 4.25. The standard InChI is InChI=1S/C14H21N5S/c1-11-8-18-19(10-11)7-6-16-14(15-3)17-9-13-5-4-12(2)20-13/h4-5,8,10H,6-7,9H2,1-3H3,(H2,15,16,17). The minimum atomic E-state index is 0.796. The van der Waals surface area contributed by atoms with Gasteiger partial charge in [0.2, 0.25) is 0 Å². The van der Waals surface area contributed by atoms with Crippen LogP contribution in [0.25, 0.3) is 0 Å². The van der Waals surface area contributed by atoms with E-state index in [-0.39, 0.29) is 0 Å². The molecule has 0 fully saturated rings. The van der Waals surface area contributed by atoms with E-state index in [1.807, 2.05) is 24.0 Å². The Hall–Kier alpha value is -1.82. The molecule has 0 amide bonds. The van der Waals surface area contributed by atoms with Crippen molar-refractivity contribution >= 4 is 17.3 Å². The van der Waals surface area contributed by atoms with Crippen molar-refractivity contribution in [3.8, 4) is 0 Å². The Labute approximate surface area is 123 Å². The van der Waals surface area contributed by atoms with Crippen LogP contribution < -0.4 is 10.6 Å². The van der Waals surface area contributed by atoms with Crippen LogP contribution in [0.1, 0.15) is 15.3 Å². The number of hydrogen-bond acceptors (Lipinski definition) is 3. The third-order valence-electron chi connectivity index (χ3n) is 2.85. The minimum absolute atomic E-state index is 0.796. The molecule has 108 valence electrons. The lowest BCUT2D eigenvalue weighted by atomic mass is 10.4. The van der Waals surface area contributed by atoms with E-state index in [1.54, 1.807) is 18.4 Å². The molecule has 0 aromatic carbocycles. The molecule has 0 bridgehead atoms. The quantitative estimate of drug-likeness (QED) is 0.654. The first kappa shape index (κ1) is 14.6. The van der Waals surface area contributed by atoms with Crippen LogP contribution in [-0.4, -0.2) is 29.3 Å². The number of guanidine groups is 1. The number of aromatic nitrogens is 2. The Morgan fingerprint density at radius 2 is 2.20 bits per heavy atom. The van der Waals surface area contributed by atoms with Gasteiger partial charge < -0.3 is 10.6 Å². The summed E-state index contributed by atoms with van der Waals surface area (Å²) in [5.74, 6) is 0.819. The lowest BCUT2D eigenvalue weighted by Gasteiger charge is -2.11. The number of hydrogen-bond donors (Lipinski definition) is 2. The molecule has 0 radical (unpaired) electrons. The van der Waals surface area contributed by atoms with E-state index in [1.165, 1.54) is 15.3 Å². The molecule has 2 aromatic heterocycles. The molecule has 6 heteroatoms. The van der Waals surface area contributed by atoms with Gasteiger partial charge in [-0.1, -0.05) is 0 Å². The Morgan fingerprint density at radius 3 is 2.80 bits per heavy atom. The number of aliphatic imine (C=N–C) groups is 1. The van der Waals surface area contributed by atoms with Crippen molar-refractivity contribution in [2.45, 2.75) is 26.9 Å². The molecule has 0 spiro atoms. The highest BCUT2D eigenvalue weighted by atomic mass is 32.1. The summed E-state index contributed by atoms with van der Waals surface area (Å²) in [4.78, 5) is 6.86. The zero-order valence-corrected chi connectivity index (χ0v) is 13.0. The van der Waals surface area contributed by atoms with E-state index in [0.29, 0.717) is 0 Å². The van der Waals surface area contributed by atoms with Crippen LogP contribution in [0.15, 0.2) is 29.5 Å². The summed E-state index contributed by atoms with van der Waals surface area (Å²) in [7, 11) is 1.78. The number of thiophene rings is 1. The second kappa shape index (κ2) is 7.09. The second-order valence-electron chi connectivity index (χ2n) is 4.65. The van der Waals surface area contributed by atoms with Crippen LogP contribution in [0.3, 0.4) is 0 Å². The van der Waals surface area contributed by atoms with Gasteiger partial charge in [-0.2, -0.15) is 5.10 Å². The summed E-state index contributed by atoms with van der Waals surface area (Å²) in [6, 6.07) is 4.28. The molecule has 0 unspecified atom stereocenters. The summed E-state index contributed by atoms with van der Waals surface area (Å²) >= 11 is 1.80. The van der Waals surface area contributed by atoms with Crippen molar-refractivity contribution in [2.24, 2.45) is 4.99 Å². The predicted octanol–water partition coefficient (Wildman–Crippen LogP) is 1.93. The zero-order valence-electron chi connectivity index (χ0n) is 12.2. The van der Waals surface area contributed by atoms with Gasteiger partial charge in [0.1, 0.15) is 0 Å². The van der Waals surface area contributed by atoms with Crippen LogP contribution in [0.4, 0.5) is 0 Å². The highest BCUT2D eigenvalue weighted by Crippen LogP contribution is 2.14. The second-order valence-corrected chi connectivity index (χ2v) is 6.02. The van der Waals surface area contributed by atoms with Crippen molar-refractivity contribution < 1.29 is 0 Å². The smallest absolute Gasteiger partial charge is 0.191 e. The van der Waals surface area contributed by atoms with E-state index in [9.17, 15) is 0 Å². The fourth-order valence-electron chi connectivity index (χ4n) is 1.85. The van der Waals surface area contributed by atoms with Gasteiger partial charge in [0.15, 0.2) is 5.96 Å². The van der Waals surface area contributed by atoms with E-state index in [4.69, 9.17) is 0 Å². The third-order valence-corrected chi connectivity index (χ3v) is 3.85. The van der Waals surface area contributed by atoms with Gasteiger partial charge >= 0.3 is 0 Å². The number of rotatable bonds is 5. The van der Waals surface area contributed by atoms with Gasteiger partial charge in [0.05, 0.1) is 19.3 Å². The number of nitrogens with zero attached hydrogens (tertiary/aromatic N) is 3. The lowest BCUT2D eigenvalue weighted by Crippen LogP contribution is -2.38. The van der Waals surface area contributed by atoms with Crippen LogP contribution >= 0.6 is 11.3 Å². The molecule has 0 aliphatic carbocycles. The molecular formula is C14H21N5S. The molecular weight excluding hydrogens is 270 g/mol. The highest BCUT2D eigenvalue weighted by Gasteiger charge is 2.00. The summed E-state index contributed by atoms with van der Waals surface area (Å²) in [6.45, 7) is 6.59. The highest BCUT2D eigenvalue weighted by molar-refractivity contribution is 7.11. The molecule has 2 N–H and O–H groups in total. The molecule has 2 rings (SSSR count). The molecule has 0 atom stereocenters. The van der Waals surface area contributed by atoms with Crippen molar-refractivity contribution in [1.29, 1.82) is 0 Å². The van der Waals surface area contributed by atoms with E-state index < -0.39 is 0 Å². The molecule has 5 nitrogen and oxygen atoms in total. The van der Waals surface area contributed by atoms with Crippen LogP contribution in [-0.2, 0) is 13.1 Å². The van der Waals surface area contributed by atoms with E-state index in [0.717, 1.165) is 25.6 Å². The van der Waals surface area contributed by atoms with E-state index in [2.05, 4.69) is 39.8 Å². The first-order valence-corrected chi connectivity index (χ1v) is 7.48. The minimum Gasteiger partial charge on any atom is -0.355 e. The van der Waals surface area contributed by atoms with Crippen LogP contribution in [0, 0.1) is 13.8 Å². The molecule has 0 saturated heterocycles. The van der Waals surface area contributed by atoms with Crippen LogP contribution in [0.2, 0.25) is 0 Å². The van der Waals surface area contributed by atoms with Crippen molar-refractivity contribution in [3.05, 3.63) is 39.8 Å². The Bertz CT molecular complexity index is 570. The monoisotopic (exact) mass is 291 g/mol. The van der Waals surface area contributed by atoms with Crippen LogP contribution in [0.5, 0.6) is 0 Å². The SMILES string of the molecule is CN=C(NCCn1cc(C)cn1)NCc1ccc(C)s1. The number of aryl methyl sites for hydroxylation is 2. The summed E-state index contributed by atoms with van der Waals surface area (Å²) in [6.07, 6.45) is 3.90. The van der Waals surface area contributed by atoms with Crippen molar-refractivity contribution in [2.75, 3.05) is 13.6 Å². The molecule has 2 aromatic rings. The maximum Gasteiger partial charge on any atom is 0.191 e. The van der Waals surface area contributed by atoms with Gasteiger partial charge in [-0.3, -0.25) is 9.67 Å². The maximum absolute atomic E-state index is 4.25. The zero-order chi connectivity index (χ0) is 14.4. The van der Waals surface area contributed by atoms with Gasteiger partial charge in [-0.15, -0.1) is 11.3 Å². The largest absolute Gasteiger partial charge is 0.355 e. The third kappa shape index (κ3) is 4.38. The first-order chi connectivity index (χ1) is 9.67. The molecule has 0 aliphatic heterocycles. The first-order valence-electron chi connectivity index (χ1n) is 6.66. The molecule has 2 heterocycles. The van der Waals surface area contributed by atoms with Gasteiger partial charge in [0.25, 0.3) is 0 Å². The average molecular weight is 291 g/mol. The predicted molar refractivity (Wildman–Crippen MR) is 84.2 cm³/mol. The average Bonchev–Trinajstić information content (AvgIpc) is 3.02. The molecule has 20 heavy (non-hydrogen) atoms. The Morgan fingerprint density at radius 1 is 1.35 bits per heavy atom. The normalized spacial score (nSPS) is 11.7. The fraction of sp³-hybridized carbons (Fsp3) is 0.429.